The standard InChI is InChI=1S/C22H41N3O4/c1-15(24-18(26)28-20(2,3)4)16(12-23)11-17-9-8-10-22(17)13-25(14-22)19(27)29-21(5,6)7/h15-17H,8-14,23H2,1-7H3,(H,24,26). The smallest absolute Gasteiger partial charge is 0.410 e. The molecular weight excluding hydrogens is 370 g/mol. The number of alkyl carbamates (subject to hydrolysis) is 1. The van der Waals surface area contributed by atoms with Gasteiger partial charge in [-0.25, -0.2) is 9.59 Å². The van der Waals surface area contributed by atoms with Gasteiger partial charge in [-0.15, -0.1) is 0 Å². The number of nitrogens with zero attached hydrogens (tertiary/aromatic N) is 1. The van der Waals surface area contributed by atoms with E-state index in [1.807, 2.05) is 53.4 Å². The summed E-state index contributed by atoms with van der Waals surface area (Å²) in [7, 11) is 0. The van der Waals surface area contributed by atoms with Crippen LogP contribution in [-0.4, -0.2) is 54.0 Å². The van der Waals surface area contributed by atoms with Crippen molar-refractivity contribution in [2.45, 2.75) is 91.4 Å². The predicted octanol–water partition coefficient (Wildman–Crippen LogP) is 3.90. The van der Waals surface area contributed by atoms with Crippen LogP contribution in [-0.2, 0) is 9.47 Å². The number of amides is 2. The number of likely N-dealkylation sites (tertiary alicyclic amines) is 1. The maximum absolute atomic E-state index is 12.3. The van der Waals surface area contributed by atoms with Gasteiger partial charge in [-0.2, -0.15) is 0 Å². The van der Waals surface area contributed by atoms with E-state index in [0.29, 0.717) is 12.5 Å². The summed E-state index contributed by atoms with van der Waals surface area (Å²) in [6, 6.07) is -0.0606. The lowest BCUT2D eigenvalue weighted by atomic mass is 9.68. The third-order valence-electron chi connectivity index (χ3n) is 6.10. The van der Waals surface area contributed by atoms with Crippen LogP contribution in [0.15, 0.2) is 0 Å². The molecule has 7 nitrogen and oxygen atoms in total. The molecule has 29 heavy (non-hydrogen) atoms. The van der Waals surface area contributed by atoms with Gasteiger partial charge in [-0.3, -0.25) is 0 Å². The normalized spacial score (nSPS) is 23.3. The molecule has 3 N–H and O–H groups in total. The molecule has 1 aliphatic carbocycles. The molecule has 0 radical (unpaired) electrons. The molecule has 7 heteroatoms. The van der Waals surface area contributed by atoms with Crippen LogP contribution in [0.3, 0.4) is 0 Å². The van der Waals surface area contributed by atoms with E-state index in [4.69, 9.17) is 15.2 Å². The molecule has 1 heterocycles. The first-order chi connectivity index (χ1) is 13.2. The zero-order valence-electron chi connectivity index (χ0n) is 19.3. The van der Waals surface area contributed by atoms with E-state index in [9.17, 15) is 9.59 Å². The van der Waals surface area contributed by atoms with Crippen molar-refractivity contribution in [3.05, 3.63) is 0 Å². The summed E-state index contributed by atoms with van der Waals surface area (Å²) in [6.45, 7) is 15.3. The second kappa shape index (κ2) is 8.70. The SMILES string of the molecule is CC(NC(=O)OC(C)(C)C)C(CN)CC1CCCC12CN(C(=O)OC(C)(C)C)C2. The van der Waals surface area contributed by atoms with Gasteiger partial charge in [0.05, 0.1) is 0 Å². The average Bonchev–Trinajstić information content (AvgIpc) is 2.90. The number of ether oxygens (including phenoxy) is 2. The zero-order chi connectivity index (χ0) is 22.0. The Balaban J connectivity index is 1.91. The molecule has 0 aromatic rings. The predicted molar refractivity (Wildman–Crippen MR) is 114 cm³/mol. The summed E-state index contributed by atoms with van der Waals surface area (Å²) in [4.78, 5) is 26.3. The first-order valence-electron chi connectivity index (χ1n) is 10.9. The zero-order valence-corrected chi connectivity index (χ0v) is 19.3. The van der Waals surface area contributed by atoms with Crippen LogP contribution >= 0.6 is 0 Å². The third kappa shape index (κ3) is 6.49. The number of nitrogens with two attached hydrogens (primary N) is 1. The molecule has 0 aromatic heterocycles. The summed E-state index contributed by atoms with van der Waals surface area (Å²) >= 11 is 0. The number of hydrogen-bond acceptors (Lipinski definition) is 5. The molecule has 0 bridgehead atoms. The van der Waals surface area contributed by atoms with Crippen molar-refractivity contribution in [3.63, 3.8) is 0 Å². The highest BCUT2D eigenvalue weighted by Crippen LogP contribution is 2.52. The average molecular weight is 412 g/mol. The summed E-state index contributed by atoms with van der Waals surface area (Å²) in [5.74, 6) is 0.690. The Morgan fingerprint density at radius 1 is 1.14 bits per heavy atom. The number of rotatable bonds is 5. The van der Waals surface area contributed by atoms with Crippen LogP contribution in [0.5, 0.6) is 0 Å². The van der Waals surface area contributed by atoms with Gasteiger partial charge in [0, 0.05) is 24.5 Å². The third-order valence-corrected chi connectivity index (χ3v) is 6.10. The highest BCUT2D eigenvalue weighted by molar-refractivity contribution is 5.69. The molecule has 2 rings (SSSR count). The second-order valence-corrected chi connectivity index (χ2v) is 11.0. The van der Waals surface area contributed by atoms with Gasteiger partial charge in [0.25, 0.3) is 0 Å². The van der Waals surface area contributed by atoms with Crippen LogP contribution < -0.4 is 11.1 Å². The highest BCUT2D eigenvalue weighted by Gasteiger charge is 2.53. The highest BCUT2D eigenvalue weighted by atomic mass is 16.6. The van der Waals surface area contributed by atoms with Gasteiger partial charge in [0.15, 0.2) is 0 Å². The lowest BCUT2D eigenvalue weighted by molar-refractivity contribution is -0.0543. The molecule has 168 valence electrons. The first-order valence-corrected chi connectivity index (χ1v) is 10.9. The molecule has 1 spiro atoms. The largest absolute Gasteiger partial charge is 0.444 e. The quantitative estimate of drug-likeness (QED) is 0.715. The molecule has 3 unspecified atom stereocenters. The van der Waals surface area contributed by atoms with Crippen molar-refractivity contribution in [1.29, 1.82) is 0 Å². The molecule has 1 saturated heterocycles. The topological polar surface area (TPSA) is 93.9 Å². The molecule has 1 saturated carbocycles. The molecule has 2 fully saturated rings. The summed E-state index contributed by atoms with van der Waals surface area (Å²) in [5.41, 5.74) is 5.26. The lowest BCUT2D eigenvalue weighted by Crippen LogP contribution is -2.61. The van der Waals surface area contributed by atoms with Crippen molar-refractivity contribution in [2.24, 2.45) is 23.0 Å². The molecule has 1 aliphatic heterocycles. The Labute approximate surface area is 176 Å². The van der Waals surface area contributed by atoms with Crippen LogP contribution in [0, 0.1) is 17.3 Å². The summed E-state index contributed by atoms with van der Waals surface area (Å²) in [6.07, 6.45) is 3.81. The summed E-state index contributed by atoms with van der Waals surface area (Å²) < 4.78 is 10.9. The van der Waals surface area contributed by atoms with E-state index in [0.717, 1.165) is 32.4 Å². The first kappa shape index (κ1) is 23.8. The Hall–Kier alpha value is -1.50. The van der Waals surface area contributed by atoms with Crippen molar-refractivity contribution in [2.75, 3.05) is 19.6 Å². The van der Waals surface area contributed by atoms with Crippen LogP contribution in [0.4, 0.5) is 9.59 Å². The van der Waals surface area contributed by atoms with Gasteiger partial charge in [-0.05, 0) is 86.1 Å². The van der Waals surface area contributed by atoms with Gasteiger partial charge in [-0.1, -0.05) is 6.42 Å². The van der Waals surface area contributed by atoms with Crippen LogP contribution in [0.1, 0.15) is 74.1 Å². The number of hydrogen-bond donors (Lipinski definition) is 2. The Kier molecular flexibility index (Phi) is 7.13. The maximum atomic E-state index is 12.3. The van der Waals surface area contributed by atoms with E-state index < -0.39 is 17.3 Å². The molecular formula is C22H41N3O4. The van der Waals surface area contributed by atoms with Gasteiger partial charge in [0.1, 0.15) is 11.2 Å². The van der Waals surface area contributed by atoms with Crippen molar-refractivity contribution >= 4 is 12.2 Å². The maximum Gasteiger partial charge on any atom is 0.410 e. The minimum absolute atomic E-state index is 0.0606. The monoisotopic (exact) mass is 411 g/mol. The number of carbonyl (C=O) groups is 2. The van der Waals surface area contributed by atoms with E-state index in [2.05, 4.69) is 5.32 Å². The van der Waals surface area contributed by atoms with Gasteiger partial charge < -0.3 is 25.4 Å². The summed E-state index contributed by atoms with van der Waals surface area (Å²) in [5, 5.41) is 2.95. The Bertz CT molecular complexity index is 588. The van der Waals surface area contributed by atoms with Crippen molar-refractivity contribution < 1.29 is 19.1 Å². The van der Waals surface area contributed by atoms with Crippen molar-refractivity contribution in [1.82, 2.24) is 10.2 Å². The fraction of sp³-hybridized carbons (Fsp3) is 0.909. The lowest BCUT2D eigenvalue weighted by Gasteiger charge is -2.52. The Morgan fingerprint density at radius 2 is 1.72 bits per heavy atom. The molecule has 3 atom stereocenters. The second-order valence-electron chi connectivity index (χ2n) is 11.0. The van der Waals surface area contributed by atoms with Crippen LogP contribution in [0.2, 0.25) is 0 Å². The van der Waals surface area contributed by atoms with Gasteiger partial charge >= 0.3 is 12.2 Å². The molecule has 2 aliphatic rings. The molecule has 2 amide bonds. The fourth-order valence-electron chi connectivity index (χ4n) is 4.65. The minimum atomic E-state index is -0.519. The minimum Gasteiger partial charge on any atom is -0.444 e. The number of carbonyl (C=O) groups excluding carboxylic acids is 2. The van der Waals surface area contributed by atoms with Gasteiger partial charge in [0.2, 0.25) is 0 Å². The van der Waals surface area contributed by atoms with E-state index in [1.165, 1.54) is 6.42 Å². The van der Waals surface area contributed by atoms with Crippen LogP contribution in [0.25, 0.3) is 0 Å². The molecule has 0 aromatic carbocycles. The van der Waals surface area contributed by atoms with E-state index >= 15 is 0 Å². The Morgan fingerprint density at radius 3 is 2.24 bits per heavy atom. The van der Waals surface area contributed by atoms with Crippen molar-refractivity contribution in [3.8, 4) is 0 Å². The van der Waals surface area contributed by atoms with E-state index in [-0.39, 0.29) is 23.5 Å². The number of nitrogens with one attached hydrogen (secondary N) is 1. The van der Waals surface area contributed by atoms with E-state index in [1.54, 1.807) is 0 Å². The fourth-order valence-corrected chi connectivity index (χ4v) is 4.65.